The number of nitrogens with one attached hydrogen (secondary N) is 1. The van der Waals surface area contributed by atoms with E-state index in [4.69, 9.17) is 4.74 Å². The standard InChI is InChI=1S/C65H125NO5/c1-3-5-7-9-11-13-15-17-18-19-25-29-32-35-39-43-47-51-55-59-65(70)71-60-56-52-48-44-40-36-33-30-27-24-22-20-21-23-26-28-31-34-38-42-46-50-54-58-64(69)66-62(61-67)63(68)57-53-49-45-41-37-16-14-12-10-8-6-4-2/h20,22-23,26,62-63,67-68H,3-19,21,24-25,27-61H2,1-2H3,(H,66,69)/b22-20-,26-23-. The minimum absolute atomic E-state index is 0.0122. The van der Waals surface area contributed by atoms with Crippen LogP contribution in [-0.4, -0.2) is 47.4 Å². The molecule has 2 atom stereocenters. The summed E-state index contributed by atoms with van der Waals surface area (Å²) >= 11 is 0. The van der Waals surface area contributed by atoms with Crippen molar-refractivity contribution in [2.75, 3.05) is 13.2 Å². The Morgan fingerprint density at radius 1 is 0.394 bits per heavy atom. The number of unbranched alkanes of at least 4 members (excludes halogenated alkanes) is 45. The van der Waals surface area contributed by atoms with Gasteiger partial charge in [0.1, 0.15) is 0 Å². The van der Waals surface area contributed by atoms with Gasteiger partial charge in [-0.2, -0.15) is 0 Å². The van der Waals surface area contributed by atoms with E-state index in [-0.39, 0.29) is 18.5 Å². The average Bonchev–Trinajstić information content (AvgIpc) is 3.37. The molecule has 0 aliphatic rings. The van der Waals surface area contributed by atoms with Crippen molar-refractivity contribution >= 4 is 11.9 Å². The number of aliphatic hydroxyl groups excluding tert-OH is 2. The fourth-order valence-electron chi connectivity index (χ4n) is 10.1. The monoisotopic (exact) mass is 1000 g/mol. The van der Waals surface area contributed by atoms with Crippen LogP contribution in [0.15, 0.2) is 24.3 Å². The molecular formula is C65H125NO5. The summed E-state index contributed by atoms with van der Waals surface area (Å²) in [6.07, 6.45) is 74.9. The predicted molar refractivity (Wildman–Crippen MR) is 310 cm³/mol. The molecule has 0 aliphatic heterocycles. The number of rotatable bonds is 60. The molecule has 0 saturated heterocycles. The molecule has 2 unspecified atom stereocenters. The Hall–Kier alpha value is -1.66. The summed E-state index contributed by atoms with van der Waals surface area (Å²) < 4.78 is 5.50. The number of aliphatic hydroxyl groups is 2. The van der Waals surface area contributed by atoms with Gasteiger partial charge in [0.25, 0.3) is 0 Å². The second-order valence-electron chi connectivity index (χ2n) is 22.1. The molecule has 3 N–H and O–H groups in total. The second-order valence-corrected chi connectivity index (χ2v) is 22.1. The van der Waals surface area contributed by atoms with E-state index >= 15 is 0 Å². The molecule has 0 aliphatic carbocycles. The van der Waals surface area contributed by atoms with E-state index in [1.54, 1.807) is 0 Å². The molecule has 71 heavy (non-hydrogen) atoms. The molecule has 6 nitrogen and oxygen atoms in total. The van der Waals surface area contributed by atoms with E-state index in [0.717, 1.165) is 44.9 Å². The zero-order valence-electron chi connectivity index (χ0n) is 48.0. The van der Waals surface area contributed by atoms with Crippen molar-refractivity contribution in [1.29, 1.82) is 0 Å². The van der Waals surface area contributed by atoms with Crippen molar-refractivity contribution in [3.8, 4) is 0 Å². The first-order valence-corrected chi connectivity index (χ1v) is 32.1. The maximum Gasteiger partial charge on any atom is 0.305 e. The zero-order chi connectivity index (χ0) is 51.4. The molecule has 0 radical (unpaired) electrons. The molecular weight excluding hydrogens is 875 g/mol. The van der Waals surface area contributed by atoms with Gasteiger partial charge in [0.2, 0.25) is 5.91 Å². The van der Waals surface area contributed by atoms with Crippen LogP contribution in [0.2, 0.25) is 0 Å². The van der Waals surface area contributed by atoms with Gasteiger partial charge >= 0.3 is 5.97 Å². The van der Waals surface area contributed by atoms with E-state index in [1.165, 1.54) is 276 Å². The molecule has 0 saturated carbocycles. The maximum atomic E-state index is 12.5. The number of carbonyl (C=O) groups excluding carboxylic acids is 2. The summed E-state index contributed by atoms with van der Waals surface area (Å²) in [6, 6.07) is -0.548. The molecule has 0 aromatic carbocycles. The Kier molecular flexibility index (Phi) is 59.5. The molecule has 0 heterocycles. The van der Waals surface area contributed by atoms with Crippen molar-refractivity contribution in [3.63, 3.8) is 0 Å². The first kappa shape index (κ1) is 69.3. The highest BCUT2D eigenvalue weighted by atomic mass is 16.5. The molecule has 0 aromatic heterocycles. The van der Waals surface area contributed by atoms with Gasteiger partial charge in [-0.1, -0.05) is 308 Å². The third kappa shape index (κ3) is 57.5. The van der Waals surface area contributed by atoms with Gasteiger partial charge in [0.05, 0.1) is 25.4 Å². The van der Waals surface area contributed by atoms with Crippen LogP contribution in [-0.2, 0) is 14.3 Å². The molecule has 420 valence electrons. The molecule has 0 rings (SSSR count). The van der Waals surface area contributed by atoms with E-state index in [9.17, 15) is 19.8 Å². The van der Waals surface area contributed by atoms with Crippen LogP contribution in [0.3, 0.4) is 0 Å². The minimum Gasteiger partial charge on any atom is -0.466 e. The van der Waals surface area contributed by atoms with Gasteiger partial charge in [0, 0.05) is 12.8 Å². The van der Waals surface area contributed by atoms with Crippen LogP contribution in [0.1, 0.15) is 354 Å². The van der Waals surface area contributed by atoms with Crippen molar-refractivity contribution in [2.45, 2.75) is 366 Å². The van der Waals surface area contributed by atoms with Gasteiger partial charge < -0.3 is 20.3 Å². The number of carbonyl (C=O) groups is 2. The number of esters is 1. The summed E-state index contributed by atoms with van der Waals surface area (Å²) in [5.74, 6) is -0.0326. The number of allylic oxidation sites excluding steroid dienone is 4. The van der Waals surface area contributed by atoms with Crippen LogP contribution in [0, 0.1) is 0 Å². The third-order valence-electron chi connectivity index (χ3n) is 15.0. The van der Waals surface area contributed by atoms with Crippen LogP contribution in [0.4, 0.5) is 0 Å². The average molecular weight is 1000 g/mol. The van der Waals surface area contributed by atoms with Crippen LogP contribution in [0.25, 0.3) is 0 Å². The van der Waals surface area contributed by atoms with Crippen molar-refractivity contribution in [2.24, 2.45) is 0 Å². The van der Waals surface area contributed by atoms with E-state index in [1.807, 2.05) is 0 Å². The lowest BCUT2D eigenvalue weighted by atomic mass is 10.0. The fraction of sp³-hybridized carbons (Fsp3) is 0.908. The summed E-state index contributed by atoms with van der Waals surface area (Å²) in [5, 5.41) is 23.2. The SMILES string of the molecule is CCCCCCCCCCCCCCCCCCCCCC(=O)OCCCCCCCCCCC/C=C\C/C=C\CCCCCCCCCC(=O)NC(CO)C(O)CCCCCCCCCCCCCC. The Balaban J connectivity index is 3.40. The summed E-state index contributed by atoms with van der Waals surface area (Å²) in [4.78, 5) is 24.6. The Morgan fingerprint density at radius 2 is 0.704 bits per heavy atom. The lowest BCUT2D eigenvalue weighted by Crippen LogP contribution is -2.45. The highest BCUT2D eigenvalue weighted by molar-refractivity contribution is 5.76. The number of hydrogen-bond donors (Lipinski definition) is 3. The smallest absolute Gasteiger partial charge is 0.305 e. The van der Waals surface area contributed by atoms with Crippen LogP contribution < -0.4 is 5.32 Å². The topological polar surface area (TPSA) is 95.9 Å². The van der Waals surface area contributed by atoms with Crippen LogP contribution in [0.5, 0.6) is 0 Å². The summed E-state index contributed by atoms with van der Waals surface area (Å²) in [5.41, 5.74) is 0. The zero-order valence-corrected chi connectivity index (χ0v) is 48.0. The number of amides is 1. The molecule has 0 aromatic rings. The number of hydrogen-bond acceptors (Lipinski definition) is 5. The highest BCUT2D eigenvalue weighted by Crippen LogP contribution is 2.18. The van der Waals surface area contributed by atoms with E-state index < -0.39 is 12.1 Å². The first-order chi connectivity index (χ1) is 35.0. The molecule has 6 heteroatoms. The highest BCUT2D eigenvalue weighted by Gasteiger charge is 2.20. The maximum absolute atomic E-state index is 12.5. The molecule has 0 bridgehead atoms. The Bertz CT molecular complexity index is 1110. The van der Waals surface area contributed by atoms with Crippen LogP contribution >= 0.6 is 0 Å². The van der Waals surface area contributed by atoms with Crippen molar-refractivity contribution in [3.05, 3.63) is 24.3 Å². The summed E-state index contributed by atoms with van der Waals surface area (Å²) in [7, 11) is 0. The third-order valence-corrected chi connectivity index (χ3v) is 15.0. The molecule has 1 amide bonds. The number of ether oxygens (including phenoxy) is 1. The molecule has 0 spiro atoms. The largest absolute Gasteiger partial charge is 0.466 e. The van der Waals surface area contributed by atoms with Gasteiger partial charge in [-0.3, -0.25) is 9.59 Å². The van der Waals surface area contributed by atoms with Gasteiger partial charge in [-0.25, -0.2) is 0 Å². The Labute approximate surface area is 443 Å². The quantitative estimate of drug-likeness (QED) is 0.0320. The summed E-state index contributed by atoms with van der Waals surface area (Å²) in [6.45, 7) is 4.96. The normalized spacial score (nSPS) is 12.7. The van der Waals surface area contributed by atoms with Gasteiger partial charge in [0.15, 0.2) is 0 Å². The van der Waals surface area contributed by atoms with Gasteiger partial charge in [-0.15, -0.1) is 0 Å². The van der Waals surface area contributed by atoms with Crippen molar-refractivity contribution < 1.29 is 24.5 Å². The molecule has 0 fully saturated rings. The second kappa shape index (κ2) is 60.9. The predicted octanol–water partition coefficient (Wildman–Crippen LogP) is 20.2. The Morgan fingerprint density at radius 3 is 1.07 bits per heavy atom. The van der Waals surface area contributed by atoms with E-state index in [0.29, 0.717) is 25.9 Å². The minimum atomic E-state index is -0.669. The van der Waals surface area contributed by atoms with Crippen molar-refractivity contribution in [1.82, 2.24) is 5.32 Å². The van der Waals surface area contributed by atoms with E-state index in [2.05, 4.69) is 43.5 Å². The lowest BCUT2D eigenvalue weighted by molar-refractivity contribution is -0.143. The first-order valence-electron chi connectivity index (χ1n) is 32.1. The fourth-order valence-corrected chi connectivity index (χ4v) is 10.1. The lowest BCUT2D eigenvalue weighted by Gasteiger charge is -2.22. The van der Waals surface area contributed by atoms with Gasteiger partial charge in [-0.05, 0) is 57.8 Å².